The van der Waals surface area contributed by atoms with Gasteiger partial charge >= 0.3 is 0 Å². The van der Waals surface area contributed by atoms with Crippen LogP contribution in [0.25, 0.3) is 0 Å². The van der Waals surface area contributed by atoms with E-state index in [-0.39, 0.29) is 17.6 Å². The van der Waals surface area contributed by atoms with Gasteiger partial charge in [-0.05, 0) is 40.5 Å². The van der Waals surface area contributed by atoms with Crippen molar-refractivity contribution in [2.24, 2.45) is 0 Å². The fourth-order valence-electron chi connectivity index (χ4n) is 1.74. The van der Waals surface area contributed by atoms with E-state index in [4.69, 9.17) is 9.47 Å². The third-order valence-electron chi connectivity index (χ3n) is 2.62. The van der Waals surface area contributed by atoms with Crippen LogP contribution in [0.3, 0.4) is 0 Å². The van der Waals surface area contributed by atoms with E-state index in [0.717, 1.165) is 10.2 Å². The smallest absolute Gasteiger partial charge is 0.154 e. The highest BCUT2D eigenvalue weighted by molar-refractivity contribution is 9.10. The van der Waals surface area contributed by atoms with Crippen LogP contribution in [0, 0.1) is 0 Å². The summed E-state index contributed by atoms with van der Waals surface area (Å²) in [4.78, 5) is 0. The van der Waals surface area contributed by atoms with Crippen molar-refractivity contribution in [3.63, 3.8) is 0 Å². The van der Waals surface area contributed by atoms with Crippen LogP contribution in [-0.4, -0.2) is 33.1 Å². The first-order chi connectivity index (χ1) is 8.00. The van der Waals surface area contributed by atoms with Crippen LogP contribution in [0.15, 0.2) is 22.7 Å². The minimum atomic E-state index is -2.91. The molecule has 0 spiro atoms. The molecule has 0 saturated carbocycles. The van der Waals surface area contributed by atoms with Crippen LogP contribution in [-0.2, 0) is 9.84 Å². The predicted octanol–water partition coefficient (Wildman–Crippen LogP) is 2.02. The Labute approximate surface area is 109 Å². The van der Waals surface area contributed by atoms with E-state index in [0.29, 0.717) is 12.2 Å². The average Bonchev–Trinajstić information content (AvgIpc) is 2.61. The van der Waals surface area contributed by atoms with Gasteiger partial charge in [0.05, 0.1) is 23.1 Å². The molecule has 0 amide bonds. The molecule has 0 N–H and O–H groups in total. The lowest BCUT2D eigenvalue weighted by Crippen LogP contribution is -2.17. The van der Waals surface area contributed by atoms with Gasteiger partial charge in [-0.25, -0.2) is 8.42 Å². The molecule has 1 unspecified atom stereocenters. The van der Waals surface area contributed by atoms with Crippen LogP contribution in [0.2, 0.25) is 0 Å². The lowest BCUT2D eigenvalue weighted by atomic mass is 10.3. The standard InChI is InChI=1S/C11H13BrO4S/c1-15-8-2-3-11(10(12)6-8)16-9-4-5-17(13,14)7-9/h2-3,6,9H,4-5,7H2,1H3. The van der Waals surface area contributed by atoms with Crippen LogP contribution < -0.4 is 9.47 Å². The van der Waals surface area contributed by atoms with Gasteiger partial charge in [0.2, 0.25) is 0 Å². The van der Waals surface area contributed by atoms with Gasteiger partial charge in [0.25, 0.3) is 0 Å². The summed E-state index contributed by atoms with van der Waals surface area (Å²) in [7, 11) is -1.32. The summed E-state index contributed by atoms with van der Waals surface area (Å²) >= 11 is 3.37. The van der Waals surface area contributed by atoms with E-state index in [1.807, 2.05) is 0 Å². The molecule has 94 valence electrons. The quantitative estimate of drug-likeness (QED) is 0.855. The van der Waals surface area contributed by atoms with E-state index >= 15 is 0 Å². The van der Waals surface area contributed by atoms with Crippen LogP contribution in [0.4, 0.5) is 0 Å². The van der Waals surface area contributed by atoms with Gasteiger partial charge in [-0.2, -0.15) is 0 Å². The van der Waals surface area contributed by atoms with Crippen molar-refractivity contribution in [2.45, 2.75) is 12.5 Å². The highest BCUT2D eigenvalue weighted by atomic mass is 79.9. The topological polar surface area (TPSA) is 52.6 Å². The maximum absolute atomic E-state index is 11.3. The van der Waals surface area contributed by atoms with Gasteiger partial charge < -0.3 is 9.47 Å². The molecule has 17 heavy (non-hydrogen) atoms. The largest absolute Gasteiger partial charge is 0.497 e. The average molecular weight is 321 g/mol. The molecule has 1 heterocycles. The van der Waals surface area contributed by atoms with Crippen molar-refractivity contribution < 1.29 is 17.9 Å². The molecular weight excluding hydrogens is 308 g/mol. The molecule has 0 bridgehead atoms. The zero-order valence-corrected chi connectivity index (χ0v) is 11.8. The Hall–Kier alpha value is -0.750. The third-order valence-corrected chi connectivity index (χ3v) is 4.98. The van der Waals surface area contributed by atoms with Crippen molar-refractivity contribution in [3.8, 4) is 11.5 Å². The zero-order chi connectivity index (χ0) is 12.5. The molecule has 6 heteroatoms. The highest BCUT2D eigenvalue weighted by Gasteiger charge is 2.29. The van der Waals surface area contributed by atoms with Crippen LogP contribution in [0.1, 0.15) is 6.42 Å². The molecule has 0 radical (unpaired) electrons. The maximum atomic E-state index is 11.3. The Morgan fingerprint density at radius 2 is 2.18 bits per heavy atom. The molecule has 4 nitrogen and oxygen atoms in total. The Morgan fingerprint density at radius 3 is 2.71 bits per heavy atom. The summed E-state index contributed by atoms with van der Waals surface area (Å²) in [5.41, 5.74) is 0. The molecule has 1 aromatic carbocycles. The highest BCUT2D eigenvalue weighted by Crippen LogP contribution is 2.31. The van der Waals surface area contributed by atoms with Gasteiger partial charge in [0, 0.05) is 0 Å². The fourth-order valence-corrected chi connectivity index (χ4v) is 3.78. The number of benzene rings is 1. The van der Waals surface area contributed by atoms with Gasteiger partial charge in [-0.15, -0.1) is 0 Å². The van der Waals surface area contributed by atoms with E-state index in [1.165, 1.54) is 0 Å². The van der Waals surface area contributed by atoms with E-state index < -0.39 is 9.84 Å². The predicted molar refractivity (Wildman–Crippen MR) is 68.4 cm³/mol. The molecule has 2 rings (SSSR count). The Bertz CT molecular complexity index is 512. The lowest BCUT2D eigenvalue weighted by Gasteiger charge is -2.14. The number of halogens is 1. The molecule has 1 aromatic rings. The van der Waals surface area contributed by atoms with Gasteiger partial charge in [0.1, 0.15) is 17.6 Å². The van der Waals surface area contributed by atoms with E-state index in [2.05, 4.69) is 15.9 Å². The lowest BCUT2D eigenvalue weighted by molar-refractivity contribution is 0.227. The summed E-state index contributed by atoms with van der Waals surface area (Å²) in [5, 5.41) is 0. The third kappa shape index (κ3) is 3.13. The summed E-state index contributed by atoms with van der Waals surface area (Å²) in [6.07, 6.45) is 0.311. The van der Waals surface area contributed by atoms with E-state index in [1.54, 1.807) is 25.3 Å². The zero-order valence-electron chi connectivity index (χ0n) is 9.35. The number of rotatable bonds is 3. The summed E-state index contributed by atoms with van der Waals surface area (Å²) in [6, 6.07) is 5.34. The summed E-state index contributed by atoms with van der Waals surface area (Å²) in [5.74, 6) is 1.69. The first kappa shape index (κ1) is 12.7. The van der Waals surface area contributed by atoms with Gasteiger partial charge in [-0.1, -0.05) is 0 Å². The van der Waals surface area contributed by atoms with Gasteiger partial charge in [0.15, 0.2) is 9.84 Å². The van der Waals surface area contributed by atoms with Gasteiger partial charge in [-0.3, -0.25) is 0 Å². The van der Waals surface area contributed by atoms with Crippen molar-refractivity contribution in [1.82, 2.24) is 0 Å². The molecule has 0 aromatic heterocycles. The Morgan fingerprint density at radius 1 is 1.41 bits per heavy atom. The molecule has 1 aliphatic heterocycles. The molecular formula is C11H13BrO4S. The SMILES string of the molecule is COc1ccc(OC2CCS(=O)(=O)C2)c(Br)c1. The summed E-state index contributed by atoms with van der Waals surface area (Å²) in [6.45, 7) is 0. The normalized spacial score (nSPS) is 22.4. The molecule has 1 saturated heterocycles. The first-order valence-electron chi connectivity index (χ1n) is 5.21. The minimum Gasteiger partial charge on any atom is -0.497 e. The maximum Gasteiger partial charge on any atom is 0.154 e. The molecule has 0 aliphatic carbocycles. The minimum absolute atomic E-state index is 0.103. The number of ether oxygens (including phenoxy) is 2. The fraction of sp³-hybridized carbons (Fsp3) is 0.455. The number of hydrogen-bond donors (Lipinski definition) is 0. The Kier molecular flexibility index (Phi) is 3.63. The second-order valence-corrected chi connectivity index (χ2v) is 7.02. The number of hydrogen-bond acceptors (Lipinski definition) is 4. The van der Waals surface area contributed by atoms with Crippen molar-refractivity contribution in [2.75, 3.05) is 18.6 Å². The second-order valence-electron chi connectivity index (χ2n) is 3.94. The molecule has 1 fully saturated rings. The first-order valence-corrected chi connectivity index (χ1v) is 7.82. The van der Waals surface area contributed by atoms with Crippen LogP contribution >= 0.6 is 15.9 Å². The van der Waals surface area contributed by atoms with Crippen molar-refractivity contribution in [3.05, 3.63) is 22.7 Å². The number of sulfone groups is 1. The molecule has 1 aliphatic rings. The monoisotopic (exact) mass is 320 g/mol. The van der Waals surface area contributed by atoms with Crippen LogP contribution in [0.5, 0.6) is 11.5 Å². The summed E-state index contributed by atoms with van der Waals surface area (Å²) < 4.78 is 34.1. The Balaban J connectivity index is 2.09. The molecule has 1 atom stereocenters. The van der Waals surface area contributed by atoms with Crippen molar-refractivity contribution >= 4 is 25.8 Å². The number of methoxy groups -OCH3 is 1. The van der Waals surface area contributed by atoms with E-state index in [9.17, 15) is 8.42 Å². The van der Waals surface area contributed by atoms with Crippen molar-refractivity contribution in [1.29, 1.82) is 0 Å². The second kappa shape index (κ2) is 4.86.